The van der Waals surface area contributed by atoms with E-state index in [1.54, 1.807) is 6.92 Å². The quantitative estimate of drug-likeness (QED) is 0.870. The van der Waals surface area contributed by atoms with Crippen LogP contribution >= 0.6 is 0 Å². The van der Waals surface area contributed by atoms with Gasteiger partial charge < -0.3 is 5.11 Å². The van der Waals surface area contributed by atoms with Crippen LogP contribution in [-0.4, -0.2) is 41.6 Å². The van der Waals surface area contributed by atoms with Gasteiger partial charge in [0, 0.05) is 6.54 Å². The molecule has 1 saturated heterocycles. The van der Waals surface area contributed by atoms with Gasteiger partial charge in [0.05, 0.1) is 5.75 Å². The number of sulfonamides is 1. The minimum Gasteiger partial charge on any atom is -0.480 e. The molecule has 0 spiro atoms. The van der Waals surface area contributed by atoms with E-state index >= 15 is 0 Å². The topological polar surface area (TPSA) is 74.7 Å². The lowest BCUT2D eigenvalue weighted by atomic mass is 9.95. The van der Waals surface area contributed by atoms with Crippen LogP contribution in [0.15, 0.2) is 30.3 Å². The smallest absolute Gasteiger partial charge is 0.325 e. The second-order valence-corrected chi connectivity index (χ2v) is 7.43. The van der Waals surface area contributed by atoms with Crippen molar-refractivity contribution in [2.45, 2.75) is 38.1 Å². The van der Waals surface area contributed by atoms with Crippen LogP contribution in [0, 0.1) is 0 Å². The predicted molar refractivity (Wildman–Crippen MR) is 80.5 cm³/mol. The van der Waals surface area contributed by atoms with Crippen molar-refractivity contribution in [1.29, 1.82) is 0 Å². The number of aryl methyl sites for hydroxylation is 1. The highest BCUT2D eigenvalue weighted by Gasteiger charge is 2.51. The number of carboxylic acids is 1. The first-order valence-electron chi connectivity index (χ1n) is 7.20. The summed E-state index contributed by atoms with van der Waals surface area (Å²) in [7, 11) is -3.57. The molecule has 0 aromatic heterocycles. The van der Waals surface area contributed by atoms with Gasteiger partial charge in [-0.3, -0.25) is 4.79 Å². The van der Waals surface area contributed by atoms with Gasteiger partial charge in [0.2, 0.25) is 10.0 Å². The Morgan fingerprint density at radius 1 is 1.33 bits per heavy atom. The molecular formula is C15H21NO4S. The number of nitrogens with zero attached hydrogens (tertiary/aromatic N) is 1. The molecular weight excluding hydrogens is 290 g/mol. The van der Waals surface area contributed by atoms with Crippen molar-refractivity contribution in [2.75, 3.05) is 12.3 Å². The standard InChI is InChI=1S/C15H21NO4S/c1-2-15(14(17)18)10-6-11-16(15)21(19,20)12-9-13-7-4-3-5-8-13/h3-5,7-8H,2,6,9-12H2,1H3,(H,17,18). The van der Waals surface area contributed by atoms with Crippen molar-refractivity contribution in [3.05, 3.63) is 35.9 Å². The first-order valence-corrected chi connectivity index (χ1v) is 8.81. The summed E-state index contributed by atoms with van der Waals surface area (Å²) in [5.74, 6) is -1.09. The number of benzene rings is 1. The summed E-state index contributed by atoms with van der Waals surface area (Å²) in [5.41, 5.74) is -0.312. The Hall–Kier alpha value is -1.40. The summed E-state index contributed by atoms with van der Waals surface area (Å²) in [6.07, 6.45) is 1.69. The van der Waals surface area contributed by atoms with Gasteiger partial charge in [0.25, 0.3) is 0 Å². The average molecular weight is 311 g/mol. The van der Waals surface area contributed by atoms with Crippen molar-refractivity contribution in [1.82, 2.24) is 4.31 Å². The van der Waals surface area contributed by atoms with E-state index in [2.05, 4.69) is 0 Å². The Labute approximate surface area is 125 Å². The predicted octanol–water partition coefficient (Wildman–Crippen LogP) is 1.89. The molecule has 1 unspecified atom stereocenters. The van der Waals surface area contributed by atoms with E-state index in [-0.39, 0.29) is 5.75 Å². The summed E-state index contributed by atoms with van der Waals surface area (Å²) in [6, 6.07) is 9.37. The van der Waals surface area contributed by atoms with Crippen molar-refractivity contribution in [3.8, 4) is 0 Å². The second kappa shape index (κ2) is 6.15. The van der Waals surface area contributed by atoms with Gasteiger partial charge in [-0.15, -0.1) is 0 Å². The van der Waals surface area contributed by atoms with E-state index in [4.69, 9.17) is 0 Å². The third-order valence-corrected chi connectivity index (χ3v) is 6.16. The Balaban J connectivity index is 2.17. The van der Waals surface area contributed by atoms with Gasteiger partial charge in [-0.2, -0.15) is 4.31 Å². The Morgan fingerprint density at radius 3 is 2.57 bits per heavy atom. The maximum absolute atomic E-state index is 12.5. The lowest BCUT2D eigenvalue weighted by Crippen LogP contribution is -2.53. The van der Waals surface area contributed by atoms with Gasteiger partial charge in [0.1, 0.15) is 5.54 Å². The normalized spacial score (nSPS) is 23.3. The van der Waals surface area contributed by atoms with Crippen LogP contribution in [0.25, 0.3) is 0 Å². The number of carbonyl (C=O) groups is 1. The maximum Gasteiger partial charge on any atom is 0.325 e. The molecule has 0 radical (unpaired) electrons. The molecule has 1 heterocycles. The Kier molecular flexibility index (Phi) is 4.68. The first-order chi connectivity index (χ1) is 9.92. The second-order valence-electron chi connectivity index (χ2n) is 5.42. The van der Waals surface area contributed by atoms with E-state index in [0.29, 0.717) is 32.2 Å². The maximum atomic E-state index is 12.5. The summed E-state index contributed by atoms with van der Waals surface area (Å²) in [4.78, 5) is 11.6. The van der Waals surface area contributed by atoms with E-state index in [1.807, 2.05) is 30.3 Å². The monoisotopic (exact) mass is 311 g/mol. The zero-order valence-electron chi connectivity index (χ0n) is 12.2. The van der Waals surface area contributed by atoms with E-state index < -0.39 is 21.5 Å². The SMILES string of the molecule is CCC1(C(=O)O)CCCN1S(=O)(=O)CCc1ccccc1. The minimum atomic E-state index is -3.57. The van der Waals surface area contributed by atoms with Crippen LogP contribution in [0.4, 0.5) is 0 Å². The molecule has 1 N–H and O–H groups in total. The van der Waals surface area contributed by atoms with Crippen LogP contribution in [0.1, 0.15) is 31.7 Å². The summed E-state index contributed by atoms with van der Waals surface area (Å²) in [6.45, 7) is 2.04. The lowest BCUT2D eigenvalue weighted by Gasteiger charge is -2.32. The third kappa shape index (κ3) is 3.11. The minimum absolute atomic E-state index is 0.0496. The molecule has 1 aromatic carbocycles. The lowest BCUT2D eigenvalue weighted by molar-refractivity contribution is -0.147. The van der Waals surface area contributed by atoms with E-state index in [1.165, 1.54) is 4.31 Å². The van der Waals surface area contributed by atoms with Gasteiger partial charge in [-0.05, 0) is 31.2 Å². The third-order valence-electron chi connectivity index (χ3n) is 4.24. The van der Waals surface area contributed by atoms with Crippen molar-refractivity contribution in [2.24, 2.45) is 0 Å². The van der Waals surface area contributed by atoms with Gasteiger partial charge in [-0.25, -0.2) is 8.42 Å². The Morgan fingerprint density at radius 2 is 2.00 bits per heavy atom. The van der Waals surface area contributed by atoms with Gasteiger partial charge in [0.15, 0.2) is 0 Å². The van der Waals surface area contributed by atoms with Gasteiger partial charge in [-0.1, -0.05) is 37.3 Å². The fourth-order valence-corrected chi connectivity index (χ4v) is 4.93. The molecule has 1 fully saturated rings. The highest BCUT2D eigenvalue weighted by Crippen LogP contribution is 2.35. The molecule has 0 amide bonds. The highest BCUT2D eigenvalue weighted by atomic mass is 32.2. The largest absolute Gasteiger partial charge is 0.480 e. The molecule has 21 heavy (non-hydrogen) atoms. The average Bonchev–Trinajstić information content (AvgIpc) is 2.92. The fourth-order valence-electron chi connectivity index (χ4n) is 2.98. The zero-order valence-corrected chi connectivity index (χ0v) is 13.0. The molecule has 116 valence electrons. The summed E-state index contributed by atoms with van der Waals surface area (Å²) < 4.78 is 26.3. The van der Waals surface area contributed by atoms with Gasteiger partial charge >= 0.3 is 5.97 Å². The molecule has 6 heteroatoms. The van der Waals surface area contributed by atoms with Crippen LogP contribution < -0.4 is 0 Å². The molecule has 1 aromatic rings. The highest BCUT2D eigenvalue weighted by molar-refractivity contribution is 7.89. The van der Waals surface area contributed by atoms with Crippen LogP contribution in [-0.2, 0) is 21.2 Å². The number of hydrogen-bond acceptors (Lipinski definition) is 3. The fraction of sp³-hybridized carbons (Fsp3) is 0.533. The van der Waals surface area contributed by atoms with Crippen LogP contribution in [0.3, 0.4) is 0 Å². The van der Waals surface area contributed by atoms with Crippen LogP contribution in [0.5, 0.6) is 0 Å². The van der Waals surface area contributed by atoms with Crippen LogP contribution in [0.2, 0.25) is 0 Å². The first kappa shape index (κ1) is 16.0. The molecule has 0 bridgehead atoms. The molecule has 1 aliphatic heterocycles. The summed E-state index contributed by atoms with van der Waals surface area (Å²) >= 11 is 0. The van der Waals surface area contributed by atoms with E-state index in [9.17, 15) is 18.3 Å². The van der Waals surface area contributed by atoms with Crippen molar-refractivity contribution in [3.63, 3.8) is 0 Å². The van der Waals surface area contributed by atoms with E-state index in [0.717, 1.165) is 5.56 Å². The molecule has 1 aliphatic rings. The van der Waals surface area contributed by atoms with Crippen molar-refractivity contribution < 1.29 is 18.3 Å². The molecule has 5 nitrogen and oxygen atoms in total. The summed E-state index contributed by atoms with van der Waals surface area (Å²) in [5, 5.41) is 9.48. The molecule has 1 atom stereocenters. The number of hydrogen-bond donors (Lipinski definition) is 1. The molecule has 0 aliphatic carbocycles. The Bertz CT molecular complexity index is 599. The van der Waals surface area contributed by atoms with Crippen molar-refractivity contribution >= 4 is 16.0 Å². The number of carboxylic acid groups (broad SMARTS) is 1. The molecule has 0 saturated carbocycles. The zero-order chi connectivity index (χ0) is 15.5. The molecule has 2 rings (SSSR count). The number of aliphatic carboxylic acids is 1. The number of rotatable bonds is 6.